The normalized spacial score (nSPS) is 13.0. The summed E-state index contributed by atoms with van der Waals surface area (Å²) in [6.07, 6.45) is 2.45. The predicted molar refractivity (Wildman–Crippen MR) is 113 cm³/mol. The second-order valence-electron chi connectivity index (χ2n) is 7.23. The Labute approximate surface area is 174 Å². The molecule has 0 bridgehead atoms. The van der Waals surface area contributed by atoms with Gasteiger partial charge in [-0.25, -0.2) is 0 Å². The van der Waals surface area contributed by atoms with E-state index in [9.17, 15) is 4.79 Å². The molecule has 0 saturated heterocycles. The van der Waals surface area contributed by atoms with E-state index in [1.54, 1.807) is 13.0 Å². The monoisotopic (exact) mass is 405 g/mol. The topological polar surface area (TPSA) is 81.7 Å². The van der Waals surface area contributed by atoms with E-state index in [1.165, 1.54) is 0 Å². The van der Waals surface area contributed by atoms with Gasteiger partial charge < -0.3 is 18.6 Å². The van der Waals surface area contributed by atoms with E-state index in [0.717, 1.165) is 30.4 Å². The van der Waals surface area contributed by atoms with Crippen LogP contribution in [0.1, 0.15) is 31.1 Å². The second-order valence-corrected chi connectivity index (χ2v) is 7.23. The Kier molecular flexibility index (Phi) is 5.62. The molecule has 0 amide bonds. The number of nitrogens with zero attached hydrogens (tertiary/aromatic N) is 1. The second kappa shape index (κ2) is 8.50. The minimum atomic E-state index is -0.104. The Morgan fingerprint density at radius 1 is 1.13 bits per heavy atom. The number of ether oxygens (including phenoxy) is 3. The van der Waals surface area contributed by atoms with Gasteiger partial charge in [0.2, 0.25) is 5.43 Å². The van der Waals surface area contributed by atoms with E-state index >= 15 is 0 Å². The van der Waals surface area contributed by atoms with E-state index in [-0.39, 0.29) is 12.0 Å². The van der Waals surface area contributed by atoms with Crippen LogP contribution in [0, 0.1) is 18.3 Å². The van der Waals surface area contributed by atoms with Crippen molar-refractivity contribution in [3.63, 3.8) is 0 Å². The van der Waals surface area contributed by atoms with Crippen molar-refractivity contribution in [1.29, 1.82) is 5.26 Å². The maximum Gasteiger partial charge on any atom is 0.200 e. The highest BCUT2D eigenvalue weighted by Gasteiger charge is 2.19. The van der Waals surface area contributed by atoms with Crippen molar-refractivity contribution in [2.45, 2.75) is 33.1 Å². The molecule has 6 heteroatoms. The summed E-state index contributed by atoms with van der Waals surface area (Å²) in [5.74, 6) is 2.41. The van der Waals surface area contributed by atoms with Crippen molar-refractivity contribution in [2.24, 2.45) is 0 Å². The maximum absolute atomic E-state index is 13.4. The van der Waals surface area contributed by atoms with Gasteiger partial charge in [0.05, 0.1) is 24.2 Å². The van der Waals surface area contributed by atoms with Gasteiger partial charge in [-0.3, -0.25) is 4.79 Å². The highest BCUT2D eigenvalue weighted by molar-refractivity contribution is 5.85. The van der Waals surface area contributed by atoms with Crippen molar-refractivity contribution >= 4 is 11.0 Å². The Balaban J connectivity index is 1.86. The van der Waals surface area contributed by atoms with Crippen molar-refractivity contribution in [3.8, 4) is 34.4 Å². The van der Waals surface area contributed by atoms with Crippen molar-refractivity contribution < 1.29 is 18.6 Å². The number of nitriles is 1. The van der Waals surface area contributed by atoms with E-state index in [2.05, 4.69) is 6.92 Å². The van der Waals surface area contributed by atoms with Crippen LogP contribution in [0.25, 0.3) is 22.1 Å². The van der Waals surface area contributed by atoms with E-state index in [4.69, 9.17) is 23.9 Å². The smallest absolute Gasteiger partial charge is 0.200 e. The average Bonchev–Trinajstić information content (AvgIpc) is 2.98. The molecule has 1 aromatic heterocycles. The Morgan fingerprint density at radius 2 is 1.93 bits per heavy atom. The number of hydrogen-bond acceptors (Lipinski definition) is 6. The zero-order valence-electron chi connectivity index (χ0n) is 17.1. The van der Waals surface area contributed by atoms with E-state index in [1.807, 2.05) is 30.3 Å². The van der Waals surface area contributed by atoms with Crippen LogP contribution < -0.4 is 19.6 Å². The molecule has 1 aliphatic heterocycles. The van der Waals surface area contributed by atoms with Gasteiger partial charge in [-0.15, -0.1) is 0 Å². The fourth-order valence-electron chi connectivity index (χ4n) is 3.74. The molecule has 0 aliphatic carbocycles. The molecule has 4 rings (SSSR count). The van der Waals surface area contributed by atoms with Gasteiger partial charge in [-0.05, 0) is 42.7 Å². The van der Waals surface area contributed by atoms with Gasteiger partial charge in [0, 0.05) is 12.5 Å². The fourth-order valence-corrected chi connectivity index (χ4v) is 3.74. The largest absolute Gasteiger partial charge is 0.490 e. The molecular formula is C24H23NO5. The highest BCUT2D eigenvalue weighted by Crippen LogP contribution is 2.35. The van der Waals surface area contributed by atoms with Crippen molar-refractivity contribution in [2.75, 3.05) is 19.8 Å². The third-order valence-electron chi connectivity index (χ3n) is 5.10. The lowest BCUT2D eigenvalue weighted by Gasteiger charge is -2.13. The molecule has 154 valence electrons. The molecule has 0 unspecified atom stereocenters. The molecule has 0 saturated carbocycles. The van der Waals surface area contributed by atoms with Crippen LogP contribution in [-0.2, 0) is 6.42 Å². The molecule has 0 radical (unpaired) electrons. The minimum Gasteiger partial charge on any atom is -0.490 e. The summed E-state index contributed by atoms with van der Waals surface area (Å²) in [7, 11) is 0. The molecule has 2 heterocycles. The van der Waals surface area contributed by atoms with Gasteiger partial charge in [-0.2, -0.15) is 5.26 Å². The van der Waals surface area contributed by atoms with E-state index in [0.29, 0.717) is 52.8 Å². The van der Waals surface area contributed by atoms with Crippen LogP contribution in [0.2, 0.25) is 0 Å². The van der Waals surface area contributed by atoms with Crippen LogP contribution in [0.4, 0.5) is 0 Å². The summed E-state index contributed by atoms with van der Waals surface area (Å²) in [4.78, 5) is 13.4. The first kappa shape index (κ1) is 19.8. The van der Waals surface area contributed by atoms with Gasteiger partial charge in [0.25, 0.3) is 0 Å². The summed E-state index contributed by atoms with van der Waals surface area (Å²) in [6.45, 7) is 4.96. The zero-order valence-corrected chi connectivity index (χ0v) is 17.1. The number of rotatable bonds is 5. The number of fused-ring (bicyclic) bond motifs is 2. The third-order valence-corrected chi connectivity index (χ3v) is 5.10. The first-order valence-electron chi connectivity index (χ1n) is 10.1. The molecule has 30 heavy (non-hydrogen) atoms. The molecule has 1 aliphatic rings. The standard InChI is InChI=1S/C24H23NO5/c1-3-5-16-12-18-21(14-20(16)29-11-8-25)30-15(2)23(24(18)26)17-6-7-19-22(13-17)28-10-4-9-27-19/h6-7,12-14H,3-5,9-11H2,1-2H3. The van der Waals surface area contributed by atoms with Gasteiger partial charge in [0.1, 0.15) is 23.2 Å². The van der Waals surface area contributed by atoms with Crippen LogP contribution in [-0.4, -0.2) is 19.8 Å². The highest BCUT2D eigenvalue weighted by atomic mass is 16.5. The quantitative estimate of drug-likeness (QED) is 0.607. The lowest BCUT2D eigenvalue weighted by atomic mass is 10.00. The fraction of sp³-hybridized carbons (Fsp3) is 0.333. The molecule has 0 spiro atoms. The molecule has 6 nitrogen and oxygen atoms in total. The van der Waals surface area contributed by atoms with E-state index < -0.39 is 0 Å². The predicted octanol–water partition coefficient (Wildman–Crippen LogP) is 4.78. The number of hydrogen-bond donors (Lipinski definition) is 0. The van der Waals surface area contributed by atoms with Crippen LogP contribution >= 0.6 is 0 Å². The first-order chi connectivity index (χ1) is 14.6. The molecule has 2 aromatic carbocycles. The van der Waals surface area contributed by atoms with Gasteiger partial charge in [0.15, 0.2) is 18.1 Å². The first-order valence-corrected chi connectivity index (χ1v) is 10.1. The summed E-state index contributed by atoms with van der Waals surface area (Å²) < 4.78 is 23.1. The summed E-state index contributed by atoms with van der Waals surface area (Å²) in [5, 5.41) is 9.34. The summed E-state index contributed by atoms with van der Waals surface area (Å²) >= 11 is 0. The summed E-state index contributed by atoms with van der Waals surface area (Å²) in [6, 6.07) is 11.0. The molecule has 0 fully saturated rings. The Hall–Kier alpha value is -3.46. The van der Waals surface area contributed by atoms with Crippen LogP contribution in [0.5, 0.6) is 17.2 Å². The zero-order chi connectivity index (χ0) is 21.1. The van der Waals surface area contributed by atoms with Crippen LogP contribution in [0.15, 0.2) is 39.5 Å². The molecular weight excluding hydrogens is 382 g/mol. The van der Waals surface area contributed by atoms with Crippen LogP contribution in [0.3, 0.4) is 0 Å². The lowest BCUT2D eigenvalue weighted by Crippen LogP contribution is -2.09. The SMILES string of the molecule is CCCc1cc2c(=O)c(-c3ccc4c(c3)OCCCO4)c(C)oc2cc1OCC#N. The van der Waals surface area contributed by atoms with Crippen molar-refractivity contribution in [1.82, 2.24) is 0 Å². The molecule has 3 aromatic rings. The van der Waals surface area contributed by atoms with Gasteiger partial charge >= 0.3 is 0 Å². The van der Waals surface area contributed by atoms with Gasteiger partial charge in [-0.1, -0.05) is 19.4 Å². The number of aryl methyl sites for hydroxylation is 2. The maximum atomic E-state index is 13.4. The minimum absolute atomic E-state index is 0.0548. The van der Waals surface area contributed by atoms with Crippen molar-refractivity contribution in [3.05, 3.63) is 51.9 Å². The molecule has 0 atom stereocenters. The lowest BCUT2D eigenvalue weighted by molar-refractivity contribution is 0.297. The Morgan fingerprint density at radius 3 is 2.70 bits per heavy atom. The average molecular weight is 405 g/mol. The Bertz CT molecular complexity index is 1190. The number of benzene rings is 2. The molecule has 0 N–H and O–H groups in total. The summed E-state index contributed by atoms with van der Waals surface area (Å²) in [5.41, 5.74) is 2.47. The third kappa shape index (κ3) is 3.71.